The lowest BCUT2D eigenvalue weighted by Gasteiger charge is -2.23. The molecule has 2 amide bonds. The molecular weight excluding hydrogens is 427 g/mol. The number of benzene rings is 3. The number of carbonyl (C=O) groups is 2. The van der Waals surface area contributed by atoms with Gasteiger partial charge < -0.3 is 10.2 Å². The molecule has 3 aromatic rings. The van der Waals surface area contributed by atoms with E-state index in [9.17, 15) is 14.0 Å². The molecule has 1 aliphatic carbocycles. The molecule has 1 saturated carbocycles. The van der Waals surface area contributed by atoms with Crippen molar-refractivity contribution in [1.29, 1.82) is 0 Å². The van der Waals surface area contributed by atoms with Crippen molar-refractivity contribution in [1.82, 2.24) is 5.32 Å². The van der Waals surface area contributed by atoms with Crippen molar-refractivity contribution in [3.63, 3.8) is 0 Å². The van der Waals surface area contributed by atoms with Crippen LogP contribution < -0.4 is 10.2 Å². The number of nitrogens with zero attached hydrogens (tertiary/aromatic N) is 1. The van der Waals surface area contributed by atoms with Gasteiger partial charge in [0, 0.05) is 22.8 Å². The number of hydrogen-bond donors (Lipinski definition) is 1. The highest BCUT2D eigenvalue weighted by Crippen LogP contribution is 2.27. The predicted octanol–water partition coefficient (Wildman–Crippen LogP) is 5.39. The van der Waals surface area contributed by atoms with Crippen molar-refractivity contribution in [2.24, 2.45) is 5.92 Å². The maximum atomic E-state index is 13.7. The van der Waals surface area contributed by atoms with Crippen LogP contribution in [0.15, 0.2) is 72.8 Å². The van der Waals surface area contributed by atoms with Gasteiger partial charge >= 0.3 is 0 Å². The first kappa shape index (κ1) is 22.0. The monoisotopic (exact) mass is 450 g/mol. The van der Waals surface area contributed by atoms with Gasteiger partial charge in [-0.25, -0.2) is 4.39 Å². The van der Waals surface area contributed by atoms with Gasteiger partial charge in [-0.05, 0) is 78.4 Å². The lowest BCUT2D eigenvalue weighted by Crippen LogP contribution is -2.30. The fourth-order valence-corrected chi connectivity index (χ4v) is 3.59. The van der Waals surface area contributed by atoms with Gasteiger partial charge in [-0.1, -0.05) is 35.9 Å². The zero-order valence-electron chi connectivity index (χ0n) is 17.6. The summed E-state index contributed by atoms with van der Waals surface area (Å²) in [6, 6.07) is 20.2. The van der Waals surface area contributed by atoms with Crippen LogP contribution in [0.4, 0.5) is 10.1 Å². The van der Waals surface area contributed by atoms with Crippen molar-refractivity contribution in [2.75, 3.05) is 11.4 Å². The summed E-state index contributed by atoms with van der Waals surface area (Å²) in [4.78, 5) is 27.0. The third kappa shape index (κ3) is 5.95. The molecule has 4 rings (SSSR count). The molecule has 1 N–H and O–H groups in total. The van der Waals surface area contributed by atoms with Crippen molar-refractivity contribution in [3.05, 3.63) is 100 Å². The van der Waals surface area contributed by atoms with E-state index >= 15 is 0 Å². The average molecular weight is 451 g/mol. The minimum atomic E-state index is -0.353. The van der Waals surface area contributed by atoms with Gasteiger partial charge in [-0.2, -0.15) is 0 Å². The third-order valence-electron chi connectivity index (χ3n) is 5.46. The summed E-state index contributed by atoms with van der Waals surface area (Å²) in [6.07, 6.45) is 2.68. The van der Waals surface area contributed by atoms with E-state index in [2.05, 4.69) is 5.32 Å². The van der Waals surface area contributed by atoms with Crippen LogP contribution in [0.1, 0.15) is 34.3 Å². The summed E-state index contributed by atoms with van der Waals surface area (Å²) < 4.78 is 13.7. The van der Waals surface area contributed by atoms with Crippen LogP contribution in [-0.2, 0) is 17.8 Å². The Bertz CT molecular complexity index is 1100. The molecule has 0 aliphatic heterocycles. The second-order valence-corrected chi connectivity index (χ2v) is 8.56. The second kappa shape index (κ2) is 9.96. The fourth-order valence-electron chi connectivity index (χ4n) is 3.47. The molecule has 0 spiro atoms. The molecule has 0 bridgehead atoms. The Morgan fingerprint density at radius 2 is 1.69 bits per heavy atom. The van der Waals surface area contributed by atoms with E-state index < -0.39 is 0 Å². The Morgan fingerprint density at radius 1 is 0.969 bits per heavy atom. The van der Waals surface area contributed by atoms with Crippen LogP contribution in [0, 0.1) is 11.7 Å². The van der Waals surface area contributed by atoms with Crippen molar-refractivity contribution in [2.45, 2.75) is 25.8 Å². The number of anilines is 1. The van der Waals surface area contributed by atoms with E-state index in [1.54, 1.807) is 41.3 Å². The molecule has 0 saturated heterocycles. The molecule has 0 radical (unpaired) electrons. The van der Waals surface area contributed by atoms with E-state index in [0.29, 0.717) is 34.2 Å². The van der Waals surface area contributed by atoms with Crippen molar-refractivity contribution in [3.8, 4) is 0 Å². The first-order valence-electron chi connectivity index (χ1n) is 10.7. The van der Waals surface area contributed by atoms with Gasteiger partial charge in [0.05, 0.1) is 13.0 Å². The maximum Gasteiger partial charge on any atom is 0.258 e. The van der Waals surface area contributed by atoms with Crippen molar-refractivity contribution >= 4 is 29.1 Å². The highest BCUT2D eigenvalue weighted by Gasteiger charge is 2.22. The number of amides is 2. The van der Waals surface area contributed by atoms with Crippen LogP contribution in [0.2, 0.25) is 5.02 Å². The lowest BCUT2D eigenvalue weighted by molar-refractivity contribution is -0.120. The van der Waals surface area contributed by atoms with Gasteiger partial charge in [0.25, 0.3) is 5.91 Å². The van der Waals surface area contributed by atoms with Crippen molar-refractivity contribution < 1.29 is 14.0 Å². The standard InChI is InChI=1S/C26H24ClFN2O2/c27-22-10-8-21(9-11-22)26(32)30(17-20-2-1-3-23(28)14-20)24-12-6-18(7-13-24)15-25(31)29-16-19-4-5-19/h1-3,6-14,19H,4-5,15-17H2,(H,29,31). The zero-order valence-corrected chi connectivity index (χ0v) is 18.3. The zero-order chi connectivity index (χ0) is 22.5. The summed E-state index contributed by atoms with van der Waals surface area (Å²) in [6.45, 7) is 0.953. The minimum Gasteiger partial charge on any atom is -0.356 e. The number of carbonyl (C=O) groups excluding carboxylic acids is 2. The molecule has 0 atom stereocenters. The fraction of sp³-hybridized carbons (Fsp3) is 0.231. The third-order valence-corrected chi connectivity index (χ3v) is 5.72. The maximum absolute atomic E-state index is 13.7. The Labute approximate surface area is 192 Å². The van der Waals surface area contributed by atoms with Gasteiger partial charge in [-0.15, -0.1) is 0 Å². The molecule has 0 aromatic heterocycles. The van der Waals surface area contributed by atoms with Gasteiger partial charge in [0.15, 0.2) is 0 Å². The van der Waals surface area contributed by atoms with Gasteiger partial charge in [0.1, 0.15) is 5.82 Å². The first-order chi connectivity index (χ1) is 15.5. The van der Waals surface area contributed by atoms with Crippen LogP contribution >= 0.6 is 11.6 Å². The number of hydrogen-bond acceptors (Lipinski definition) is 2. The highest BCUT2D eigenvalue weighted by molar-refractivity contribution is 6.30. The highest BCUT2D eigenvalue weighted by atomic mass is 35.5. The van der Waals surface area contributed by atoms with E-state index in [0.717, 1.165) is 12.1 Å². The Kier molecular flexibility index (Phi) is 6.86. The molecule has 1 fully saturated rings. The first-order valence-corrected chi connectivity index (χ1v) is 11.0. The SMILES string of the molecule is O=C(Cc1ccc(N(Cc2cccc(F)c2)C(=O)c2ccc(Cl)cc2)cc1)NCC1CC1. The predicted molar refractivity (Wildman–Crippen MR) is 124 cm³/mol. The summed E-state index contributed by atoms with van der Waals surface area (Å²) in [7, 11) is 0. The Hall–Kier alpha value is -3.18. The molecule has 6 heteroatoms. The van der Waals surface area contributed by atoms with E-state index in [1.165, 1.54) is 25.0 Å². The Morgan fingerprint density at radius 3 is 2.34 bits per heavy atom. The minimum absolute atomic E-state index is 0.00138. The lowest BCUT2D eigenvalue weighted by atomic mass is 10.1. The largest absolute Gasteiger partial charge is 0.356 e. The van der Waals surface area contributed by atoms with Crippen LogP contribution in [-0.4, -0.2) is 18.4 Å². The molecule has 3 aromatic carbocycles. The molecule has 32 heavy (non-hydrogen) atoms. The molecule has 0 heterocycles. The van der Waals surface area contributed by atoms with E-state index in [1.807, 2.05) is 24.3 Å². The van der Waals surface area contributed by atoms with Gasteiger partial charge in [0.2, 0.25) is 5.91 Å². The number of nitrogens with one attached hydrogen (secondary N) is 1. The number of halogens is 2. The molecule has 164 valence electrons. The average Bonchev–Trinajstić information content (AvgIpc) is 3.62. The van der Waals surface area contributed by atoms with Gasteiger partial charge in [-0.3, -0.25) is 9.59 Å². The van der Waals surface area contributed by atoms with E-state index in [-0.39, 0.29) is 24.2 Å². The summed E-state index contributed by atoms with van der Waals surface area (Å²) in [5.41, 5.74) is 2.69. The molecular formula is C26H24ClFN2O2. The number of rotatable bonds is 8. The normalized spacial score (nSPS) is 12.9. The second-order valence-electron chi connectivity index (χ2n) is 8.12. The smallest absolute Gasteiger partial charge is 0.258 e. The quantitative estimate of drug-likeness (QED) is 0.500. The summed E-state index contributed by atoms with van der Waals surface area (Å²) in [5.74, 6) is 0.0601. The molecule has 1 aliphatic rings. The Balaban J connectivity index is 1.53. The van der Waals surface area contributed by atoms with E-state index in [4.69, 9.17) is 11.6 Å². The van der Waals surface area contributed by atoms with Crippen LogP contribution in [0.25, 0.3) is 0 Å². The molecule has 4 nitrogen and oxygen atoms in total. The molecule has 0 unspecified atom stereocenters. The topological polar surface area (TPSA) is 49.4 Å². The summed E-state index contributed by atoms with van der Waals surface area (Å²) in [5, 5.41) is 3.51. The van der Waals surface area contributed by atoms with Crippen LogP contribution in [0.3, 0.4) is 0 Å². The summed E-state index contributed by atoms with van der Waals surface area (Å²) >= 11 is 5.96. The van der Waals surface area contributed by atoms with Crippen LogP contribution in [0.5, 0.6) is 0 Å².